The van der Waals surface area contributed by atoms with Gasteiger partial charge in [0.1, 0.15) is 0 Å². The van der Waals surface area contributed by atoms with E-state index in [2.05, 4.69) is 35.8 Å². The van der Waals surface area contributed by atoms with E-state index in [0.717, 1.165) is 51.9 Å². The molecule has 0 spiro atoms. The van der Waals surface area contributed by atoms with Crippen LogP contribution in [0.15, 0.2) is 77.1 Å². The topological polar surface area (TPSA) is 134 Å². The molecule has 3 N–H and O–H groups in total. The summed E-state index contributed by atoms with van der Waals surface area (Å²) in [5.74, 6) is 1.17. The minimum atomic E-state index is -0.424. The van der Waals surface area contributed by atoms with Crippen LogP contribution in [-0.4, -0.2) is 57.8 Å². The average molecular weight is 613 g/mol. The fraction of sp³-hybridized carbons (Fsp3) is 0.200. The van der Waals surface area contributed by atoms with Crippen molar-refractivity contribution in [2.45, 2.75) is 17.2 Å². The maximum Gasteiger partial charge on any atom is 0.337 e. The lowest BCUT2D eigenvalue weighted by Crippen LogP contribution is -2.21. The molecule has 2 aromatic heterocycles. The summed E-state index contributed by atoms with van der Waals surface area (Å²) in [5.41, 5.74) is 3.59. The van der Waals surface area contributed by atoms with Crippen LogP contribution in [0.25, 0.3) is 10.2 Å². The molecule has 1 aliphatic heterocycles. The zero-order chi connectivity index (χ0) is 29.6. The van der Waals surface area contributed by atoms with Gasteiger partial charge >= 0.3 is 5.97 Å². The first-order chi connectivity index (χ1) is 21.0. The van der Waals surface area contributed by atoms with Gasteiger partial charge in [0.15, 0.2) is 4.34 Å². The second kappa shape index (κ2) is 13.0. The third-order valence-electron chi connectivity index (χ3n) is 6.58. The van der Waals surface area contributed by atoms with Crippen molar-refractivity contribution in [1.29, 1.82) is 0 Å². The first-order valence-electron chi connectivity index (χ1n) is 13.6. The standard InChI is InChI=1S/C30H28N8O3S2/c1-41-26(40)19-9-11-21(12-10-19)31-25(39)18-42-30-34-23-14-13-22(17-24(23)43-30)33-28-35-27(32-20-7-3-2-4-8-20)36-29(37-28)38-15-5-6-16-38/h2-4,7-14,17H,5-6,15-16,18H2,1H3,(H,31,39)(H2,32,33,35,36,37). The van der Waals surface area contributed by atoms with Crippen molar-refractivity contribution in [3.8, 4) is 0 Å². The van der Waals surface area contributed by atoms with E-state index in [1.54, 1.807) is 24.3 Å². The number of hydrogen-bond acceptors (Lipinski definition) is 12. The number of rotatable bonds is 10. The Kier molecular flexibility index (Phi) is 8.61. The number of aromatic nitrogens is 4. The molecule has 0 saturated carbocycles. The van der Waals surface area contributed by atoms with E-state index in [0.29, 0.717) is 29.1 Å². The highest BCUT2D eigenvalue weighted by Gasteiger charge is 2.18. The molecule has 11 nitrogen and oxygen atoms in total. The molecule has 0 aliphatic carbocycles. The number of fused-ring (bicyclic) bond motifs is 1. The van der Waals surface area contributed by atoms with Crippen molar-refractivity contribution in [1.82, 2.24) is 19.9 Å². The molecule has 1 aliphatic rings. The van der Waals surface area contributed by atoms with Gasteiger partial charge in [-0.25, -0.2) is 9.78 Å². The van der Waals surface area contributed by atoms with Gasteiger partial charge in [-0.2, -0.15) is 15.0 Å². The van der Waals surface area contributed by atoms with Gasteiger partial charge in [0.2, 0.25) is 23.8 Å². The number of thioether (sulfide) groups is 1. The van der Waals surface area contributed by atoms with Crippen molar-refractivity contribution in [2.75, 3.05) is 46.8 Å². The minimum absolute atomic E-state index is 0.166. The number of nitrogens with zero attached hydrogens (tertiary/aromatic N) is 5. The summed E-state index contributed by atoms with van der Waals surface area (Å²) in [5, 5.41) is 9.46. The van der Waals surface area contributed by atoms with E-state index in [4.69, 9.17) is 9.72 Å². The Bertz CT molecular complexity index is 1740. The van der Waals surface area contributed by atoms with Gasteiger partial charge in [-0.1, -0.05) is 30.0 Å². The summed E-state index contributed by atoms with van der Waals surface area (Å²) in [6.45, 7) is 1.84. The molecule has 0 unspecified atom stereocenters. The number of nitrogens with one attached hydrogen (secondary N) is 3. The maximum absolute atomic E-state index is 12.5. The predicted molar refractivity (Wildman–Crippen MR) is 171 cm³/mol. The number of ether oxygens (including phenoxy) is 1. The molecule has 3 aromatic carbocycles. The fourth-order valence-electron chi connectivity index (χ4n) is 4.49. The first kappa shape index (κ1) is 28.4. The van der Waals surface area contributed by atoms with Gasteiger partial charge in [-0.15, -0.1) is 11.3 Å². The zero-order valence-electron chi connectivity index (χ0n) is 23.2. The highest BCUT2D eigenvalue weighted by atomic mass is 32.2. The van der Waals surface area contributed by atoms with Gasteiger partial charge in [-0.05, 0) is 67.4 Å². The van der Waals surface area contributed by atoms with Crippen molar-refractivity contribution < 1.29 is 14.3 Å². The van der Waals surface area contributed by atoms with Crippen LogP contribution in [0.1, 0.15) is 23.2 Å². The quantitative estimate of drug-likeness (QED) is 0.125. The molecule has 3 heterocycles. The number of benzene rings is 3. The summed E-state index contributed by atoms with van der Waals surface area (Å²) in [7, 11) is 1.33. The smallest absolute Gasteiger partial charge is 0.337 e. The van der Waals surface area contributed by atoms with Gasteiger partial charge in [-0.3, -0.25) is 4.79 Å². The second-order valence-electron chi connectivity index (χ2n) is 9.66. The predicted octanol–water partition coefficient (Wildman–Crippen LogP) is 6.09. The summed E-state index contributed by atoms with van der Waals surface area (Å²) in [4.78, 5) is 45.0. The molecule has 0 atom stereocenters. The van der Waals surface area contributed by atoms with Crippen LogP contribution in [-0.2, 0) is 9.53 Å². The molecule has 43 heavy (non-hydrogen) atoms. The molecule has 1 saturated heterocycles. The molecular weight excluding hydrogens is 585 g/mol. The molecule has 1 fully saturated rings. The van der Waals surface area contributed by atoms with E-state index < -0.39 is 5.97 Å². The number of thiazole rings is 1. The van der Waals surface area contributed by atoms with Gasteiger partial charge < -0.3 is 25.6 Å². The Morgan fingerprint density at radius 2 is 1.56 bits per heavy atom. The summed E-state index contributed by atoms with van der Waals surface area (Å²) in [6.07, 6.45) is 2.23. The Morgan fingerprint density at radius 1 is 0.860 bits per heavy atom. The lowest BCUT2D eigenvalue weighted by atomic mass is 10.2. The monoisotopic (exact) mass is 612 g/mol. The van der Waals surface area contributed by atoms with Crippen LogP contribution in [0.2, 0.25) is 0 Å². The fourth-order valence-corrected chi connectivity index (χ4v) is 6.40. The van der Waals surface area contributed by atoms with E-state index >= 15 is 0 Å². The van der Waals surface area contributed by atoms with Crippen LogP contribution < -0.4 is 20.9 Å². The number of carbonyl (C=O) groups is 2. The molecule has 218 valence electrons. The number of anilines is 6. The zero-order valence-corrected chi connectivity index (χ0v) is 24.9. The van der Waals surface area contributed by atoms with Crippen LogP contribution in [0.5, 0.6) is 0 Å². The van der Waals surface area contributed by atoms with Crippen molar-refractivity contribution in [3.05, 3.63) is 78.4 Å². The molecule has 0 bridgehead atoms. The Labute approximate surface area is 256 Å². The first-order valence-corrected chi connectivity index (χ1v) is 15.4. The van der Waals surface area contributed by atoms with Crippen LogP contribution in [0.3, 0.4) is 0 Å². The molecule has 13 heteroatoms. The average Bonchev–Trinajstić information content (AvgIpc) is 3.71. The number of amides is 1. The number of esters is 1. The Morgan fingerprint density at radius 3 is 2.28 bits per heavy atom. The van der Waals surface area contributed by atoms with Crippen LogP contribution in [0, 0.1) is 0 Å². The summed E-state index contributed by atoms with van der Waals surface area (Å²) >= 11 is 2.88. The lowest BCUT2D eigenvalue weighted by Gasteiger charge is -2.17. The highest BCUT2D eigenvalue weighted by molar-refractivity contribution is 8.01. The minimum Gasteiger partial charge on any atom is -0.465 e. The van der Waals surface area contributed by atoms with Crippen LogP contribution >= 0.6 is 23.1 Å². The second-order valence-corrected chi connectivity index (χ2v) is 11.9. The number of methoxy groups -OCH3 is 1. The Balaban J connectivity index is 1.12. The van der Waals surface area contributed by atoms with E-state index in [9.17, 15) is 9.59 Å². The van der Waals surface area contributed by atoms with E-state index in [-0.39, 0.29) is 11.7 Å². The van der Waals surface area contributed by atoms with Gasteiger partial charge in [0.05, 0.1) is 28.6 Å². The summed E-state index contributed by atoms with van der Waals surface area (Å²) < 4.78 is 6.46. The molecule has 5 aromatic rings. The van der Waals surface area contributed by atoms with Crippen molar-refractivity contribution in [2.24, 2.45) is 0 Å². The van der Waals surface area contributed by atoms with Gasteiger partial charge in [0, 0.05) is 30.2 Å². The van der Waals surface area contributed by atoms with E-state index in [1.807, 2.05) is 48.5 Å². The summed E-state index contributed by atoms with van der Waals surface area (Å²) in [6, 6.07) is 22.2. The number of hydrogen-bond donors (Lipinski definition) is 3. The third kappa shape index (κ3) is 7.19. The van der Waals surface area contributed by atoms with E-state index in [1.165, 1.54) is 30.2 Å². The van der Waals surface area contributed by atoms with Crippen molar-refractivity contribution >= 4 is 80.1 Å². The molecule has 0 radical (unpaired) electrons. The highest BCUT2D eigenvalue weighted by Crippen LogP contribution is 2.32. The number of para-hydroxylation sites is 1. The maximum atomic E-state index is 12.5. The number of carbonyl (C=O) groups excluding carboxylic acids is 2. The van der Waals surface area contributed by atoms with Crippen LogP contribution in [0.4, 0.5) is 34.9 Å². The normalized spacial score (nSPS) is 12.7. The third-order valence-corrected chi connectivity index (χ3v) is 8.75. The SMILES string of the molecule is COC(=O)c1ccc(NC(=O)CSc2nc3ccc(Nc4nc(Nc5ccccc5)nc(N5CCCC5)n4)cc3s2)cc1. The molecular formula is C30H28N8O3S2. The lowest BCUT2D eigenvalue weighted by molar-refractivity contribution is -0.113. The van der Waals surface area contributed by atoms with Gasteiger partial charge in [0.25, 0.3) is 0 Å². The Hall–Kier alpha value is -4.75. The molecule has 1 amide bonds. The van der Waals surface area contributed by atoms with Crippen molar-refractivity contribution in [3.63, 3.8) is 0 Å². The largest absolute Gasteiger partial charge is 0.465 e. The molecule has 6 rings (SSSR count).